The molecule has 0 saturated carbocycles. The molecule has 3 unspecified atom stereocenters. The van der Waals surface area contributed by atoms with E-state index in [1.165, 1.54) is 75.5 Å². The first-order valence-electron chi connectivity index (χ1n) is 16.9. The molecule has 7 aromatic carbocycles. The lowest BCUT2D eigenvalue weighted by Crippen LogP contribution is -2.17. The molecule has 3 atom stereocenters. The van der Waals surface area contributed by atoms with Crippen molar-refractivity contribution in [2.75, 3.05) is 0 Å². The summed E-state index contributed by atoms with van der Waals surface area (Å²) in [6.07, 6.45) is 3.34. The van der Waals surface area contributed by atoms with Gasteiger partial charge in [-0.15, -0.1) is 11.3 Å². The van der Waals surface area contributed by atoms with Crippen LogP contribution in [0.4, 0.5) is 0 Å². The molecule has 0 amide bonds. The summed E-state index contributed by atoms with van der Waals surface area (Å²) in [5.41, 5.74) is 9.23. The van der Waals surface area contributed by atoms with Crippen molar-refractivity contribution in [1.82, 2.24) is 0 Å². The number of ether oxygens (including phenoxy) is 1. The summed E-state index contributed by atoms with van der Waals surface area (Å²) < 4.78 is 8.28. The van der Waals surface area contributed by atoms with Gasteiger partial charge in [0.1, 0.15) is 11.9 Å². The predicted molar refractivity (Wildman–Crippen MR) is 202 cm³/mol. The van der Waals surface area contributed by atoms with Crippen LogP contribution in [0.5, 0.6) is 0 Å². The molecule has 0 radical (unpaired) electrons. The smallest absolute Gasteiger partial charge is 0.131 e. The van der Waals surface area contributed by atoms with Crippen LogP contribution >= 0.6 is 11.3 Å². The Morgan fingerprint density at radius 2 is 1.04 bits per heavy atom. The highest BCUT2D eigenvalue weighted by molar-refractivity contribution is 7.20. The minimum Gasteiger partial charge on any atom is -0.489 e. The summed E-state index contributed by atoms with van der Waals surface area (Å²) in [6.45, 7) is 0. The third-order valence-corrected chi connectivity index (χ3v) is 11.7. The maximum Gasteiger partial charge on any atom is 0.131 e. The number of fused-ring (bicyclic) bond motifs is 6. The second kappa shape index (κ2) is 11.1. The number of hydrogen-bond donors (Lipinski definition) is 0. The Bertz CT molecular complexity index is 2450. The van der Waals surface area contributed by atoms with Crippen LogP contribution in [0.15, 0.2) is 163 Å². The highest BCUT2D eigenvalue weighted by atomic mass is 32.1. The van der Waals surface area contributed by atoms with E-state index in [1.807, 2.05) is 11.3 Å². The molecule has 1 aromatic heterocycles. The number of benzene rings is 7. The zero-order valence-electron chi connectivity index (χ0n) is 26.3. The van der Waals surface area contributed by atoms with E-state index < -0.39 is 0 Å². The Morgan fingerprint density at radius 1 is 0.500 bits per heavy atom. The van der Waals surface area contributed by atoms with Crippen LogP contribution in [-0.2, 0) is 11.2 Å². The average molecular weight is 633 g/mol. The number of hydrogen-bond acceptors (Lipinski definition) is 2. The molecule has 2 aliphatic rings. The van der Waals surface area contributed by atoms with E-state index in [0.29, 0.717) is 5.92 Å². The fourth-order valence-electron chi connectivity index (χ4n) is 8.46. The van der Waals surface area contributed by atoms with E-state index in [2.05, 4.69) is 164 Å². The first kappa shape index (κ1) is 27.7. The molecular formula is C46H32OS. The van der Waals surface area contributed by atoms with Gasteiger partial charge >= 0.3 is 0 Å². The van der Waals surface area contributed by atoms with Gasteiger partial charge < -0.3 is 4.74 Å². The average Bonchev–Trinajstić information content (AvgIpc) is 3.72. The van der Waals surface area contributed by atoms with Crippen molar-refractivity contribution < 1.29 is 4.74 Å². The third-order valence-electron chi connectivity index (χ3n) is 10.5. The zero-order valence-corrected chi connectivity index (χ0v) is 27.2. The van der Waals surface area contributed by atoms with E-state index in [0.717, 1.165) is 12.2 Å². The summed E-state index contributed by atoms with van der Waals surface area (Å²) in [6, 6.07) is 57.5. The Balaban J connectivity index is 1.17. The summed E-state index contributed by atoms with van der Waals surface area (Å²) >= 11 is 1.93. The zero-order chi connectivity index (χ0) is 31.6. The van der Waals surface area contributed by atoms with E-state index in [-0.39, 0.29) is 12.0 Å². The molecule has 2 heterocycles. The molecule has 1 nitrogen and oxygen atoms in total. The largest absolute Gasteiger partial charge is 0.489 e. The molecule has 8 aromatic rings. The maximum atomic E-state index is 6.92. The Labute approximate surface area is 284 Å². The monoisotopic (exact) mass is 632 g/mol. The summed E-state index contributed by atoms with van der Waals surface area (Å²) in [5, 5.41) is 6.54. The van der Waals surface area contributed by atoms with Crippen LogP contribution in [0, 0.1) is 5.92 Å². The van der Waals surface area contributed by atoms with Crippen LogP contribution in [0.1, 0.15) is 33.6 Å². The van der Waals surface area contributed by atoms with Crippen molar-refractivity contribution in [3.05, 3.63) is 185 Å². The second-order valence-corrected chi connectivity index (χ2v) is 14.1. The van der Waals surface area contributed by atoms with Crippen molar-refractivity contribution in [3.63, 3.8) is 0 Å². The third kappa shape index (κ3) is 4.23. The molecule has 1 aliphatic heterocycles. The van der Waals surface area contributed by atoms with Crippen molar-refractivity contribution >= 4 is 49.0 Å². The van der Waals surface area contributed by atoms with Crippen LogP contribution < -0.4 is 0 Å². The number of allylic oxidation sites excluding steroid dienone is 1. The van der Waals surface area contributed by atoms with Crippen LogP contribution in [0.2, 0.25) is 0 Å². The molecule has 2 heteroatoms. The minimum atomic E-state index is 0.00143. The molecule has 1 fully saturated rings. The highest BCUT2D eigenvalue weighted by Gasteiger charge is 2.45. The lowest BCUT2D eigenvalue weighted by Gasteiger charge is -2.24. The van der Waals surface area contributed by atoms with Gasteiger partial charge in [-0.2, -0.15) is 0 Å². The quantitative estimate of drug-likeness (QED) is 0.175. The lowest BCUT2D eigenvalue weighted by molar-refractivity contribution is 0.153. The van der Waals surface area contributed by atoms with Crippen LogP contribution in [-0.4, -0.2) is 0 Å². The van der Waals surface area contributed by atoms with Gasteiger partial charge in [-0.1, -0.05) is 158 Å². The van der Waals surface area contributed by atoms with Crippen LogP contribution in [0.25, 0.3) is 60.0 Å². The van der Waals surface area contributed by atoms with Gasteiger partial charge in [0.15, 0.2) is 0 Å². The Morgan fingerprint density at radius 3 is 1.69 bits per heavy atom. The van der Waals surface area contributed by atoms with Gasteiger partial charge in [-0.05, 0) is 72.8 Å². The molecular weight excluding hydrogens is 601 g/mol. The first-order valence-corrected chi connectivity index (χ1v) is 17.7. The minimum absolute atomic E-state index is 0.00143. The summed E-state index contributed by atoms with van der Waals surface area (Å²) in [7, 11) is 0. The van der Waals surface area contributed by atoms with E-state index >= 15 is 0 Å². The highest BCUT2D eigenvalue weighted by Crippen LogP contribution is 2.56. The van der Waals surface area contributed by atoms with Gasteiger partial charge in [-0.3, -0.25) is 0 Å². The van der Waals surface area contributed by atoms with Crippen molar-refractivity contribution in [3.8, 4) is 22.3 Å². The van der Waals surface area contributed by atoms with E-state index in [4.69, 9.17) is 4.74 Å². The predicted octanol–water partition coefficient (Wildman–Crippen LogP) is 12.6. The normalized spacial score (nSPS) is 18.4. The van der Waals surface area contributed by atoms with Crippen molar-refractivity contribution in [2.24, 2.45) is 5.92 Å². The maximum absolute atomic E-state index is 6.92. The molecule has 0 spiro atoms. The fraction of sp³-hybridized carbons (Fsp3) is 0.0870. The first-order chi connectivity index (χ1) is 23.8. The molecule has 0 N–H and O–H groups in total. The SMILES string of the molecule is C1=C2OC(c3ccccc3)C(c3ccccc3)C2Cc2c1sc1c(-c3c4ccccc4c(-c4ccccc4)c4ccccc34)cccc21. The number of rotatable bonds is 4. The van der Waals surface area contributed by atoms with Gasteiger partial charge in [0.25, 0.3) is 0 Å². The molecule has 10 rings (SSSR count). The fourth-order valence-corrected chi connectivity index (χ4v) is 9.75. The molecule has 228 valence electrons. The van der Waals surface area contributed by atoms with Crippen molar-refractivity contribution in [2.45, 2.75) is 18.4 Å². The molecule has 1 saturated heterocycles. The Kier molecular flexibility index (Phi) is 6.38. The van der Waals surface area contributed by atoms with Crippen LogP contribution in [0.3, 0.4) is 0 Å². The topological polar surface area (TPSA) is 9.23 Å². The summed E-state index contributed by atoms with van der Waals surface area (Å²) in [4.78, 5) is 1.33. The van der Waals surface area contributed by atoms with E-state index in [9.17, 15) is 0 Å². The lowest BCUT2D eigenvalue weighted by atomic mass is 9.76. The van der Waals surface area contributed by atoms with Crippen molar-refractivity contribution in [1.29, 1.82) is 0 Å². The second-order valence-electron chi connectivity index (χ2n) is 13.1. The Hall–Kier alpha value is -5.44. The standard InChI is InChI=1S/C46H32OS/c1-4-15-29(16-5-1)42-32-21-10-12-23-34(32)44(35-24-13-11-22-33(35)42)37-26-14-25-36-38-27-39-40(28-41(38)48-46(36)37)47-45(31-19-8-3-9-20-31)43(39)30-17-6-2-7-18-30/h1-26,28,39,43,45H,27H2. The van der Waals surface area contributed by atoms with Gasteiger partial charge in [-0.25, -0.2) is 0 Å². The number of thiophene rings is 1. The molecule has 1 aliphatic carbocycles. The summed E-state index contributed by atoms with van der Waals surface area (Å²) in [5.74, 6) is 1.67. The molecule has 48 heavy (non-hydrogen) atoms. The molecule has 0 bridgehead atoms. The van der Waals surface area contributed by atoms with E-state index in [1.54, 1.807) is 0 Å². The van der Waals surface area contributed by atoms with Gasteiger partial charge in [0, 0.05) is 27.0 Å². The van der Waals surface area contributed by atoms with Gasteiger partial charge in [0.05, 0.1) is 0 Å². The van der Waals surface area contributed by atoms with Gasteiger partial charge in [0.2, 0.25) is 0 Å².